The summed E-state index contributed by atoms with van der Waals surface area (Å²) in [7, 11) is 7.82. The molecule has 7 nitrogen and oxygen atoms in total. The average molecular weight is 417 g/mol. The van der Waals surface area contributed by atoms with Crippen LogP contribution < -0.4 is 21.3 Å². The van der Waals surface area contributed by atoms with Gasteiger partial charge in [0.1, 0.15) is 0 Å². The molecule has 0 aliphatic heterocycles. The number of carbonyl (C=O) groups is 1. The Kier molecular flexibility index (Phi) is 4.81. The number of carboxylic acids is 1. The second-order valence-electron chi connectivity index (χ2n) is 7.92. The molecule has 5 N–H and O–H groups in total. The van der Waals surface area contributed by atoms with E-state index in [0.717, 1.165) is 27.7 Å². The Morgan fingerprint density at radius 1 is 0.839 bits per heavy atom. The second kappa shape index (κ2) is 7.36. The molecule has 0 unspecified atom stereocenters. The van der Waals surface area contributed by atoms with Crippen LogP contribution in [0.4, 0.5) is 22.7 Å². The fraction of sp³-hybridized carbons (Fsp3) is 0.167. The molecule has 0 atom stereocenters. The van der Waals surface area contributed by atoms with Gasteiger partial charge in [0.2, 0.25) is 0 Å². The number of anilines is 4. The van der Waals surface area contributed by atoms with E-state index < -0.39 is 5.97 Å². The maximum Gasteiger partial charge on any atom is 0.363 e. The fourth-order valence-corrected chi connectivity index (χ4v) is 3.79. The normalized spacial score (nSPS) is 11.1. The van der Waals surface area contributed by atoms with Gasteiger partial charge in [-0.25, -0.2) is 9.21 Å². The summed E-state index contributed by atoms with van der Waals surface area (Å²) < 4.78 is 6.29. The molecule has 7 heteroatoms. The summed E-state index contributed by atoms with van der Waals surface area (Å²) >= 11 is 0. The summed E-state index contributed by atoms with van der Waals surface area (Å²) in [5, 5.41) is 11.5. The quantitative estimate of drug-likeness (QED) is 0.254. The van der Waals surface area contributed by atoms with E-state index in [4.69, 9.17) is 15.9 Å². The first kappa shape index (κ1) is 20.3. The number of hydrogen-bond donors (Lipinski definition) is 3. The van der Waals surface area contributed by atoms with E-state index in [1.54, 1.807) is 12.1 Å². The van der Waals surface area contributed by atoms with Crippen LogP contribution in [0.1, 0.15) is 10.4 Å². The SMILES string of the molecule is CN(C)c1ccc2c(-c3ccc(N)c(N)c3C(=O)O)c3ccc(N(C)C)cc3[o+]c2c1. The van der Waals surface area contributed by atoms with Crippen LogP contribution in [0.15, 0.2) is 52.9 Å². The molecule has 0 fully saturated rings. The number of rotatable bonds is 4. The summed E-state index contributed by atoms with van der Waals surface area (Å²) in [6.45, 7) is 0. The van der Waals surface area contributed by atoms with Gasteiger partial charge in [-0.1, -0.05) is 6.07 Å². The molecule has 4 rings (SSSR count). The lowest BCUT2D eigenvalue weighted by Crippen LogP contribution is -2.09. The molecule has 0 amide bonds. The molecule has 31 heavy (non-hydrogen) atoms. The topological polar surface area (TPSA) is 107 Å². The second-order valence-corrected chi connectivity index (χ2v) is 7.92. The number of nitrogens with zero attached hydrogens (tertiary/aromatic N) is 2. The minimum atomic E-state index is -1.13. The Hall–Kier alpha value is -4.00. The van der Waals surface area contributed by atoms with Crippen LogP contribution in [0.3, 0.4) is 0 Å². The van der Waals surface area contributed by atoms with E-state index in [1.807, 2.05) is 74.4 Å². The minimum Gasteiger partial charge on any atom is -0.478 e. The first-order valence-corrected chi connectivity index (χ1v) is 9.79. The van der Waals surface area contributed by atoms with Gasteiger partial charge in [0.05, 0.1) is 39.8 Å². The van der Waals surface area contributed by atoms with E-state index in [1.165, 1.54) is 0 Å². The molecule has 0 aliphatic carbocycles. The van der Waals surface area contributed by atoms with Crippen LogP contribution in [0.2, 0.25) is 0 Å². The highest BCUT2D eigenvalue weighted by molar-refractivity contribution is 6.14. The Bertz CT molecular complexity index is 1280. The predicted molar refractivity (Wildman–Crippen MR) is 128 cm³/mol. The lowest BCUT2D eigenvalue weighted by molar-refractivity contribution is 0.0699. The molecule has 3 aromatic carbocycles. The summed E-state index contributed by atoms with van der Waals surface area (Å²) in [6.07, 6.45) is 0. The van der Waals surface area contributed by atoms with Gasteiger partial charge in [0, 0.05) is 50.7 Å². The minimum absolute atomic E-state index is 0.0119. The van der Waals surface area contributed by atoms with Gasteiger partial charge in [-0.05, 0) is 30.3 Å². The molecule has 0 bridgehead atoms. The Morgan fingerprint density at radius 2 is 1.35 bits per heavy atom. The molecule has 1 heterocycles. The lowest BCUT2D eigenvalue weighted by Gasteiger charge is -2.15. The van der Waals surface area contributed by atoms with Crippen molar-refractivity contribution in [1.82, 2.24) is 0 Å². The van der Waals surface area contributed by atoms with Crippen LogP contribution in [0.25, 0.3) is 33.1 Å². The largest absolute Gasteiger partial charge is 0.478 e. The van der Waals surface area contributed by atoms with Crippen molar-refractivity contribution in [3.05, 3.63) is 54.1 Å². The van der Waals surface area contributed by atoms with Gasteiger partial charge in [-0.3, -0.25) is 0 Å². The van der Waals surface area contributed by atoms with Crippen molar-refractivity contribution in [2.75, 3.05) is 49.5 Å². The van der Waals surface area contributed by atoms with Gasteiger partial charge in [0.15, 0.2) is 0 Å². The monoisotopic (exact) mass is 417 g/mol. The van der Waals surface area contributed by atoms with E-state index in [0.29, 0.717) is 16.7 Å². The van der Waals surface area contributed by atoms with Gasteiger partial charge < -0.3 is 26.4 Å². The molecular weight excluding hydrogens is 392 g/mol. The van der Waals surface area contributed by atoms with Gasteiger partial charge in [-0.15, -0.1) is 0 Å². The summed E-state index contributed by atoms with van der Waals surface area (Å²) in [5.41, 5.74) is 16.8. The summed E-state index contributed by atoms with van der Waals surface area (Å²) in [5.74, 6) is -1.13. The zero-order valence-corrected chi connectivity index (χ0v) is 17.9. The van der Waals surface area contributed by atoms with Crippen LogP contribution >= 0.6 is 0 Å². The number of fused-ring (bicyclic) bond motifs is 2. The Labute approximate surface area is 180 Å². The maximum absolute atomic E-state index is 12.2. The van der Waals surface area contributed by atoms with Crippen molar-refractivity contribution in [2.24, 2.45) is 0 Å². The van der Waals surface area contributed by atoms with E-state index >= 15 is 0 Å². The number of hydrogen-bond acceptors (Lipinski definition) is 5. The molecule has 0 saturated heterocycles. The zero-order valence-electron chi connectivity index (χ0n) is 17.9. The van der Waals surface area contributed by atoms with Crippen molar-refractivity contribution >= 4 is 50.7 Å². The molecule has 158 valence electrons. The number of aromatic carboxylic acids is 1. The van der Waals surface area contributed by atoms with Crippen LogP contribution in [0.5, 0.6) is 0 Å². The van der Waals surface area contributed by atoms with E-state index in [9.17, 15) is 9.90 Å². The zero-order chi connectivity index (χ0) is 22.4. The summed E-state index contributed by atoms with van der Waals surface area (Å²) in [4.78, 5) is 16.1. The van der Waals surface area contributed by atoms with Gasteiger partial charge in [-0.2, -0.15) is 0 Å². The third-order valence-corrected chi connectivity index (χ3v) is 5.48. The number of benzene rings is 3. The molecule has 1 aromatic heterocycles. The van der Waals surface area contributed by atoms with Crippen molar-refractivity contribution in [1.29, 1.82) is 0 Å². The lowest BCUT2D eigenvalue weighted by atomic mass is 9.92. The average Bonchev–Trinajstić information content (AvgIpc) is 2.72. The summed E-state index contributed by atoms with van der Waals surface area (Å²) in [6, 6.07) is 15.1. The highest BCUT2D eigenvalue weighted by atomic mass is 16.4. The first-order chi connectivity index (χ1) is 14.7. The molecule has 0 aliphatic rings. The van der Waals surface area contributed by atoms with E-state index in [-0.39, 0.29) is 16.9 Å². The third-order valence-electron chi connectivity index (χ3n) is 5.48. The highest BCUT2D eigenvalue weighted by Gasteiger charge is 2.26. The third kappa shape index (κ3) is 3.34. The smallest absolute Gasteiger partial charge is 0.363 e. The molecule has 0 saturated carbocycles. The van der Waals surface area contributed by atoms with Crippen molar-refractivity contribution in [3.8, 4) is 11.1 Å². The molecule has 0 spiro atoms. The van der Waals surface area contributed by atoms with Crippen LogP contribution in [-0.4, -0.2) is 39.3 Å². The predicted octanol–water partition coefficient (Wildman–Crippen LogP) is 4.53. The van der Waals surface area contributed by atoms with Crippen molar-refractivity contribution < 1.29 is 14.3 Å². The standard InChI is InChI=1S/C24H24N4O3/c1-27(2)13-5-7-15-19(11-13)31-20-12-14(28(3)4)6-8-16(20)21(15)17-9-10-18(25)23(26)22(17)24(29)30/h5-12H,25-26H2,1-4H3/p+1. The van der Waals surface area contributed by atoms with E-state index in [2.05, 4.69) is 0 Å². The van der Waals surface area contributed by atoms with Gasteiger partial charge >= 0.3 is 17.1 Å². The Morgan fingerprint density at radius 3 is 1.81 bits per heavy atom. The molecular formula is C24H25N4O3+. The van der Waals surface area contributed by atoms with Gasteiger partial charge in [0.25, 0.3) is 0 Å². The van der Waals surface area contributed by atoms with Crippen molar-refractivity contribution in [2.45, 2.75) is 0 Å². The van der Waals surface area contributed by atoms with Crippen molar-refractivity contribution in [3.63, 3.8) is 0 Å². The number of nitrogen functional groups attached to an aromatic ring is 2. The highest BCUT2D eigenvalue weighted by Crippen LogP contribution is 2.42. The fourth-order valence-electron chi connectivity index (χ4n) is 3.79. The first-order valence-electron chi connectivity index (χ1n) is 9.79. The van der Waals surface area contributed by atoms with Crippen LogP contribution in [0, 0.1) is 0 Å². The molecule has 4 aromatic rings. The molecule has 0 radical (unpaired) electrons. The Balaban J connectivity index is 2.19. The maximum atomic E-state index is 12.2. The number of carboxylic acid groups (broad SMARTS) is 1. The number of nitrogens with two attached hydrogens (primary N) is 2. The van der Waals surface area contributed by atoms with Crippen LogP contribution in [-0.2, 0) is 0 Å².